The van der Waals surface area contributed by atoms with Gasteiger partial charge in [-0.3, -0.25) is 14.5 Å². The number of nitrogens with zero attached hydrogens (tertiary/aromatic N) is 3. The van der Waals surface area contributed by atoms with Crippen LogP contribution in [0.25, 0.3) is 0 Å². The van der Waals surface area contributed by atoms with E-state index in [0.717, 1.165) is 62.6 Å². The van der Waals surface area contributed by atoms with Crippen molar-refractivity contribution in [1.82, 2.24) is 15.2 Å². The standard InChI is InChI=1S/C28H41N5O5S/c1-4-28(8-5-14-38-28)9-11-32(2)27-31-24(20-39-27)26(35)30-23-7-6-21(19-33-12-16-37-17-13-33)18-22(23)25(34)29-10-15-36-3/h6-7,18,20H,4-5,8-17,19H2,1-3H3,(H,29,34)(H,30,35). The molecule has 0 radical (unpaired) electrons. The van der Waals surface area contributed by atoms with Crippen LogP contribution in [0.3, 0.4) is 0 Å². The van der Waals surface area contributed by atoms with Crippen LogP contribution in [0, 0.1) is 0 Å². The van der Waals surface area contributed by atoms with E-state index in [-0.39, 0.29) is 17.4 Å². The Morgan fingerprint density at radius 2 is 2.05 bits per heavy atom. The van der Waals surface area contributed by atoms with Crippen LogP contribution in [-0.4, -0.2) is 94.1 Å². The number of aromatic nitrogens is 1. The van der Waals surface area contributed by atoms with Gasteiger partial charge in [0.2, 0.25) is 0 Å². The first-order valence-electron chi connectivity index (χ1n) is 13.7. The topological polar surface area (TPSA) is 105 Å². The lowest BCUT2D eigenvalue weighted by atomic mass is 9.93. The zero-order valence-corrected chi connectivity index (χ0v) is 24.1. The van der Waals surface area contributed by atoms with Gasteiger partial charge >= 0.3 is 0 Å². The molecule has 2 saturated heterocycles. The Labute approximate surface area is 235 Å². The zero-order chi connectivity index (χ0) is 27.7. The lowest BCUT2D eigenvalue weighted by molar-refractivity contribution is -0.00397. The van der Waals surface area contributed by atoms with Crippen LogP contribution < -0.4 is 15.5 Å². The molecule has 2 fully saturated rings. The second kappa shape index (κ2) is 14.2. The number of nitrogens with one attached hydrogen (secondary N) is 2. The van der Waals surface area contributed by atoms with Crippen molar-refractivity contribution in [2.45, 2.75) is 44.8 Å². The van der Waals surface area contributed by atoms with Crippen molar-refractivity contribution in [2.24, 2.45) is 0 Å². The van der Waals surface area contributed by atoms with E-state index in [0.29, 0.717) is 49.9 Å². The number of hydrogen-bond acceptors (Lipinski definition) is 9. The third-order valence-electron chi connectivity index (χ3n) is 7.46. The number of carbonyl (C=O) groups excluding carboxylic acids is 2. The van der Waals surface area contributed by atoms with E-state index in [1.54, 1.807) is 18.6 Å². The predicted molar refractivity (Wildman–Crippen MR) is 153 cm³/mol. The summed E-state index contributed by atoms with van der Waals surface area (Å²) in [4.78, 5) is 35.2. The van der Waals surface area contributed by atoms with Crippen LogP contribution in [0.5, 0.6) is 0 Å². The first-order chi connectivity index (χ1) is 18.9. The summed E-state index contributed by atoms with van der Waals surface area (Å²) >= 11 is 1.44. The van der Waals surface area contributed by atoms with Crippen LogP contribution >= 0.6 is 11.3 Å². The predicted octanol–water partition coefficient (Wildman–Crippen LogP) is 3.39. The number of morpholine rings is 1. The van der Waals surface area contributed by atoms with Crippen LogP contribution in [0.1, 0.15) is 59.0 Å². The molecular weight excluding hydrogens is 518 g/mol. The van der Waals surface area contributed by atoms with E-state index in [9.17, 15) is 9.59 Å². The SMILES string of the molecule is CCC1(CCN(C)c2nc(C(=O)Nc3ccc(CN4CCOCC4)cc3C(=O)NCCOC)cs2)CCCO1. The third-order valence-corrected chi connectivity index (χ3v) is 8.42. The van der Waals surface area contributed by atoms with E-state index in [1.165, 1.54) is 11.3 Å². The Hall–Kier alpha value is -2.57. The number of amides is 2. The van der Waals surface area contributed by atoms with Gasteiger partial charge in [-0.25, -0.2) is 4.98 Å². The van der Waals surface area contributed by atoms with Crippen molar-refractivity contribution >= 4 is 34.0 Å². The van der Waals surface area contributed by atoms with Crippen molar-refractivity contribution in [3.63, 3.8) is 0 Å². The molecule has 2 aliphatic rings. The number of hydrogen-bond donors (Lipinski definition) is 2. The molecule has 2 aromatic rings. The maximum absolute atomic E-state index is 13.2. The van der Waals surface area contributed by atoms with Gasteiger partial charge in [0.1, 0.15) is 5.69 Å². The molecule has 0 saturated carbocycles. The van der Waals surface area contributed by atoms with Gasteiger partial charge in [0.05, 0.1) is 36.7 Å². The molecule has 4 rings (SSSR count). The molecule has 0 aliphatic carbocycles. The third kappa shape index (κ3) is 7.98. The molecule has 1 aromatic carbocycles. The monoisotopic (exact) mass is 559 g/mol. The lowest BCUT2D eigenvalue weighted by Gasteiger charge is -2.29. The first kappa shape index (κ1) is 29.4. The molecule has 2 amide bonds. The molecule has 3 heterocycles. The van der Waals surface area contributed by atoms with Crippen LogP contribution in [0.2, 0.25) is 0 Å². The molecule has 2 N–H and O–H groups in total. The van der Waals surface area contributed by atoms with Gasteiger partial charge in [0.15, 0.2) is 5.13 Å². The number of ether oxygens (including phenoxy) is 3. The van der Waals surface area contributed by atoms with E-state index >= 15 is 0 Å². The minimum atomic E-state index is -0.345. The lowest BCUT2D eigenvalue weighted by Crippen LogP contribution is -2.35. The molecule has 11 heteroatoms. The van der Waals surface area contributed by atoms with Gasteiger partial charge < -0.3 is 29.7 Å². The molecule has 10 nitrogen and oxygen atoms in total. The highest BCUT2D eigenvalue weighted by atomic mass is 32.1. The normalized spacial score (nSPS) is 19.7. The van der Waals surface area contributed by atoms with Crippen molar-refractivity contribution < 1.29 is 23.8 Å². The van der Waals surface area contributed by atoms with Gasteiger partial charge in [-0.05, 0) is 43.4 Å². The van der Waals surface area contributed by atoms with Crippen molar-refractivity contribution in [3.8, 4) is 0 Å². The molecule has 1 unspecified atom stereocenters. The largest absolute Gasteiger partial charge is 0.383 e. The zero-order valence-electron chi connectivity index (χ0n) is 23.3. The summed E-state index contributed by atoms with van der Waals surface area (Å²) in [6.07, 6.45) is 4.13. The summed E-state index contributed by atoms with van der Waals surface area (Å²) in [6, 6.07) is 5.60. The Bertz CT molecular complexity index is 1100. The Balaban J connectivity index is 1.43. The van der Waals surface area contributed by atoms with Gasteiger partial charge in [-0.2, -0.15) is 0 Å². The summed E-state index contributed by atoms with van der Waals surface area (Å²) in [7, 11) is 3.58. The van der Waals surface area contributed by atoms with E-state index in [4.69, 9.17) is 14.2 Å². The van der Waals surface area contributed by atoms with Crippen molar-refractivity contribution in [2.75, 3.05) is 77.0 Å². The van der Waals surface area contributed by atoms with Crippen LogP contribution in [0.15, 0.2) is 23.6 Å². The number of thiazole rings is 1. The van der Waals surface area contributed by atoms with Gasteiger partial charge in [0, 0.05) is 58.9 Å². The number of anilines is 2. The highest BCUT2D eigenvalue weighted by molar-refractivity contribution is 7.13. The molecular formula is C28H41N5O5S. The first-order valence-corrected chi connectivity index (χ1v) is 14.6. The minimum Gasteiger partial charge on any atom is -0.383 e. The Morgan fingerprint density at radius 1 is 1.23 bits per heavy atom. The van der Waals surface area contributed by atoms with E-state index in [2.05, 4.69) is 32.3 Å². The highest BCUT2D eigenvalue weighted by Crippen LogP contribution is 2.33. The maximum atomic E-state index is 13.2. The van der Waals surface area contributed by atoms with E-state index < -0.39 is 0 Å². The average molecular weight is 560 g/mol. The minimum absolute atomic E-state index is 0.0418. The second-order valence-corrected chi connectivity index (χ2v) is 11.0. The summed E-state index contributed by atoms with van der Waals surface area (Å²) in [6.45, 7) is 8.41. The summed E-state index contributed by atoms with van der Waals surface area (Å²) in [5, 5.41) is 8.32. The van der Waals surface area contributed by atoms with Gasteiger partial charge in [-0.1, -0.05) is 13.0 Å². The molecule has 2 aliphatic heterocycles. The number of carbonyl (C=O) groups is 2. The van der Waals surface area contributed by atoms with Crippen LogP contribution in [-0.2, 0) is 20.8 Å². The summed E-state index contributed by atoms with van der Waals surface area (Å²) in [5.74, 6) is -0.606. The van der Waals surface area contributed by atoms with Crippen molar-refractivity contribution in [1.29, 1.82) is 0 Å². The van der Waals surface area contributed by atoms with Gasteiger partial charge in [0.25, 0.3) is 11.8 Å². The van der Waals surface area contributed by atoms with Crippen LogP contribution in [0.4, 0.5) is 10.8 Å². The quantitative estimate of drug-likeness (QED) is 0.360. The molecule has 0 bridgehead atoms. The second-order valence-electron chi connectivity index (χ2n) is 10.1. The smallest absolute Gasteiger partial charge is 0.275 e. The number of methoxy groups -OCH3 is 1. The fourth-order valence-electron chi connectivity index (χ4n) is 4.97. The molecule has 214 valence electrons. The van der Waals surface area contributed by atoms with Crippen molar-refractivity contribution in [3.05, 3.63) is 40.4 Å². The Morgan fingerprint density at radius 3 is 2.77 bits per heavy atom. The maximum Gasteiger partial charge on any atom is 0.275 e. The molecule has 39 heavy (non-hydrogen) atoms. The number of benzene rings is 1. The average Bonchev–Trinajstić information content (AvgIpc) is 3.64. The Kier molecular flexibility index (Phi) is 10.7. The molecule has 1 aromatic heterocycles. The summed E-state index contributed by atoms with van der Waals surface area (Å²) < 4.78 is 16.5. The fraction of sp³-hybridized carbons (Fsp3) is 0.607. The van der Waals surface area contributed by atoms with E-state index in [1.807, 2.05) is 19.2 Å². The van der Waals surface area contributed by atoms with Gasteiger partial charge in [-0.15, -0.1) is 11.3 Å². The molecule has 1 atom stereocenters. The fourth-order valence-corrected chi connectivity index (χ4v) is 5.77. The molecule has 0 spiro atoms. The summed E-state index contributed by atoms with van der Waals surface area (Å²) in [5.41, 5.74) is 2.15. The number of rotatable bonds is 13. The highest BCUT2D eigenvalue weighted by Gasteiger charge is 2.33.